The van der Waals surface area contributed by atoms with Gasteiger partial charge in [-0.15, -0.1) is 0 Å². The van der Waals surface area contributed by atoms with Crippen LogP contribution < -0.4 is 0 Å². The van der Waals surface area contributed by atoms with Crippen LogP contribution >= 0.6 is 33.2 Å². The first-order chi connectivity index (χ1) is 4.81. The lowest BCUT2D eigenvalue weighted by Gasteiger charge is -2.14. The molecule has 0 aromatic heterocycles. The van der Waals surface area contributed by atoms with Crippen molar-refractivity contribution in [3.63, 3.8) is 0 Å². The molecule has 0 radical (unpaired) electrons. The molecule has 1 nitrogen and oxygen atoms in total. The van der Waals surface area contributed by atoms with Gasteiger partial charge in [-0.05, 0) is 5.92 Å². The Balaban J connectivity index is 3.71. The van der Waals surface area contributed by atoms with Crippen molar-refractivity contribution in [2.45, 2.75) is 20.3 Å². The number of allylic oxidation sites excluding steroid dienone is 1. The summed E-state index contributed by atoms with van der Waals surface area (Å²) in [4.78, 5) is 0. The second-order valence-electron chi connectivity index (χ2n) is 2.68. The Morgan fingerprint density at radius 2 is 1.91 bits per heavy atom. The number of hydrogen-bond donors (Lipinski definition) is 0. The summed E-state index contributed by atoms with van der Waals surface area (Å²) < 4.78 is 4.99. The topological polar surface area (TPSA) is 9.23 Å². The highest BCUT2D eigenvalue weighted by Crippen LogP contribution is 2.26. The highest BCUT2D eigenvalue weighted by molar-refractivity contribution is 7.62. The second-order valence-corrected chi connectivity index (χ2v) is 10.3. The van der Waals surface area contributed by atoms with E-state index in [-0.39, 0.29) is 0 Å². The molecule has 0 spiro atoms. The van der Waals surface area contributed by atoms with Crippen LogP contribution in [0.25, 0.3) is 0 Å². The van der Waals surface area contributed by atoms with Gasteiger partial charge in [0.05, 0.1) is 5.76 Å². The molecule has 5 heteroatoms. The van der Waals surface area contributed by atoms with Crippen molar-refractivity contribution in [3.05, 3.63) is 12.3 Å². The van der Waals surface area contributed by atoms with Crippen LogP contribution in [0.2, 0.25) is 0 Å². The predicted octanol–water partition coefficient (Wildman–Crippen LogP) is 3.71. The molecule has 0 aliphatic heterocycles. The first kappa shape index (κ1) is 11.6. The minimum atomic E-state index is -2.97. The first-order valence-corrected chi connectivity index (χ1v) is 8.19. The molecule has 0 atom stereocenters. The van der Waals surface area contributed by atoms with Crippen LogP contribution in [0.4, 0.5) is 0 Å². The molecule has 66 valence electrons. The summed E-state index contributed by atoms with van der Waals surface area (Å²) in [5, 5.41) is 0. The summed E-state index contributed by atoms with van der Waals surface area (Å²) in [6.07, 6.45) is -2.23. The molecule has 0 aromatic rings. The van der Waals surface area contributed by atoms with Crippen LogP contribution in [0.3, 0.4) is 0 Å². The van der Waals surface area contributed by atoms with Gasteiger partial charge in [0, 0.05) is 6.42 Å². The minimum absolute atomic E-state index is 0.476. The predicted molar refractivity (Wildman–Crippen MR) is 53.0 cm³/mol. The van der Waals surface area contributed by atoms with Gasteiger partial charge in [-0.25, -0.2) is 0 Å². The quantitative estimate of drug-likeness (QED) is 0.409. The highest BCUT2D eigenvalue weighted by atomic mass is 35.8. The van der Waals surface area contributed by atoms with Gasteiger partial charge in [-0.1, -0.05) is 53.7 Å². The monoisotopic (exact) mass is 232 g/mol. The Morgan fingerprint density at radius 1 is 1.45 bits per heavy atom. The molecule has 0 unspecified atom stereocenters. The maximum absolute atomic E-state index is 5.50. The molecule has 0 fully saturated rings. The van der Waals surface area contributed by atoms with E-state index in [9.17, 15) is 0 Å². The minimum Gasteiger partial charge on any atom is -0.512 e. The summed E-state index contributed by atoms with van der Waals surface area (Å²) in [7, 11) is 0. The number of rotatable bonds is 4. The van der Waals surface area contributed by atoms with E-state index in [1.807, 2.05) is 0 Å². The van der Waals surface area contributed by atoms with E-state index in [1.54, 1.807) is 0 Å². The normalized spacial score (nSPS) is 11.8. The molecular formula is C6H11Cl3OSi. The fraction of sp³-hybridized carbons (Fsp3) is 0.667. The zero-order valence-corrected chi connectivity index (χ0v) is 9.80. The zero-order chi connectivity index (χ0) is 9.07. The van der Waals surface area contributed by atoms with Crippen molar-refractivity contribution in [1.29, 1.82) is 0 Å². The van der Waals surface area contributed by atoms with Gasteiger partial charge in [-0.3, -0.25) is 0 Å². The molecule has 0 saturated carbocycles. The van der Waals surface area contributed by atoms with Gasteiger partial charge in [-0.2, -0.15) is 0 Å². The van der Waals surface area contributed by atoms with Crippen molar-refractivity contribution in [3.8, 4) is 0 Å². The van der Waals surface area contributed by atoms with Crippen LogP contribution in [0.1, 0.15) is 20.3 Å². The van der Waals surface area contributed by atoms with Crippen molar-refractivity contribution >= 4 is 39.5 Å². The summed E-state index contributed by atoms with van der Waals surface area (Å²) in [6.45, 7) is 7.74. The van der Waals surface area contributed by atoms with Crippen molar-refractivity contribution in [2.24, 2.45) is 5.92 Å². The average molecular weight is 234 g/mol. The molecule has 0 aliphatic rings. The van der Waals surface area contributed by atoms with Crippen LogP contribution in [0, 0.1) is 5.92 Å². The van der Waals surface area contributed by atoms with E-state index in [1.165, 1.54) is 0 Å². The standard InChI is InChI=1S/C6H11Cl3OSi/c1-5(2)4-6(3)10-11(7,8)9/h5H,3-4H2,1-2H3. The van der Waals surface area contributed by atoms with Crippen LogP contribution in [0.5, 0.6) is 0 Å². The summed E-state index contributed by atoms with van der Waals surface area (Å²) in [6, 6.07) is 0. The van der Waals surface area contributed by atoms with Crippen LogP contribution in [-0.4, -0.2) is 6.25 Å². The van der Waals surface area contributed by atoms with E-state index >= 15 is 0 Å². The second kappa shape index (κ2) is 4.60. The summed E-state index contributed by atoms with van der Waals surface area (Å²) in [5.74, 6) is 1.04. The third-order valence-electron chi connectivity index (χ3n) is 0.896. The lowest BCUT2D eigenvalue weighted by Crippen LogP contribution is -2.15. The SMILES string of the molecule is C=C(CC(C)C)O[Si](Cl)(Cl)Cl. The molecule has 0 aliphatic carbocycles. The molecule has 0 N–H and O–H groups in total. The Bertz CT molecular complexity index is 141. The van der Waals surface area contributed by atoms with Gasteiger partial charge in [0.15, 0.2) is 0 Å². The number of hydrogen-bond acceptors (Lipinski definition) is 1. The average Bonchev–Trinajstić information content (AvgIpc) is 1.53. The van der Waals surface area contributed by atoms with Gasteiger partial charge in [0.25, 0.3) is 0 Å². The molecule has 0 rings (SSSR count). The Hall–Kier alpha value is 0.627. The van der Waals surface area contributed by atoms with Crippen LogP contribution in [0.15, 0.2) is 12.3 Å². The van der Waals surface area contributed by atoms with Gasteiger partial charge >= 0.3 is 6.25 Å². The fourth-order valence-corrected chi connectivity index (χ4v) is 2.05. The Labute approximate surface area is 82.5 Å². The molecule has 0 amide bonds. The molecule has 0 heterocycles. The van der Waals surface area contributed by atoms with E-state index in [2.05, 4.69) is 20.4 Å². The van der Waals surface area contributed by atoms with Crippen molar-refractivity contribution in [2.75, 3.05) is 0 Å². The molecule has 0 saturated heterocycles. The smallest absolute Gasteiger partial charge is 0.512 e. The third-order valence-corrected chi connectivity index (χ3v) is 2.11. The lowest BCUT2D eigenvalue weighted by molar-refractivity contribution is 0.402. The number of halogens is 3. The van der Waals surface area contributed by atoms with Crippen molar-refractivity contribution < 1.29 is 4.43 Å². The molecule has 0 aromatic carbocycles. The fourth-order valence-electron chi connectivity index (χ4n) is 0.661. The lowest BCUT2D eigenvalue weighted by atomic mass is 10.1. The van der Waals surface area contributed by atoms with Crippen LogP contribution in [-0.2, 0) is 4.43 Å². The maximum atomic E-state index is 5.50. The highest BCUT2D eigenvalue weighted by Gasteiger charge is 2.30. The zero-order valence-electron chi connectivity index (χ0n) is 6.53. The molecular weight excluding hydrogens is 223 g/mol. The molecule has 11 heavy (non-hydrogen) atoms. The first-order valence-electron chi connectivity index (χ1n) is 3.25. The van der Waals surface area contributed by atoms with E-state index in [0.717, 1.165) is 6.42 Å². The Kier molecular flexibility index (Phi) is 4.87. The summed E-state index contributed by atoms with van der Waals surface area (Å²) in [5.41, 5.74) is 0. The van der Waals surface area contributed by atoms with E-state index in [0.29, 0.717) is 11.7 Å². The van der Waals surface area contributed by atoms with Gasteiger partial charge < -0.3 is 4.43 Å². The van der Waals surface area contributed by atoms with E-state index in [4.69, 9.17) is 37.7 Å². The summed E-state index contributed by atoms with van der Waals surface area (Å²) >= 11 is 16.5. The maximum Gasteiger partial charge on any atom is 0.555 e. The van der Waals surface area contributed by atoms with Gasteiger partial charge in [0.2, 0.25) is 0 Å². The molecule has 0 bridgehead atoms. The van der Waals surface area contributed by atoms with Crippen molar-refractivity contribution in [1.82, 2.24) is 0 Å². The van der Waals surface area contributed by atoms with Gasteiger partial charge in [0.1, 0.15) is 0 Å². The van der Waals surface area contributed by atoms with E-state index < -0.39 is 6.25 Å². The Morgan fingerprint density at radius 3 is 2.18 bits per heavy atom. The third kappa shape index (κ3) is 8.53. The largest absolute Gasteiger partial charge is 0.555 e.